The quantitative estimate of drug-likeness (QED) is 0.758. The van der Waals surface area contributed by atoms with Gasteiger partial charge in [-0.2, -0.15) is 4.98 Å². The van der Waals surface area contributed by atoms with Gasteiger partial charge in [0.1, 0.15) is 11.4 Å². The zero-order valence-corrected chi connectivity index (χ0v) is 11.8. The maximum atomic E-state index is 10.2. The predicted octanol–water partition coefficient (Wildman–Crippen LogP) is 1.23. The lowest BCUT2D eigenvalue weighted by atomic mass is 10.0. The van der Waals surface area contributed by atoms with Gasteiger partial charge in [-0.3, -0.25) is 0 Å². The molecule has 3 N–H and O–H groups in total. The number of anilines is 2. The van der Waals surface area contributed by atoms with E-state index in [-0.39, 0.29) is 0 Å². The maximum Gasteiger partial charge on any atom is 0.224 e. The number of hydrogen-bond acceptors (Lipinski definition) is 6. The fourth-order valence-corrected chi connectivity index (χ4v) is 2.05. The molecule has 1 aromatic heterocycles. The van der Waals surface area contributed by atoms with Crippen molar-refractivity contribution in [2.75, 3.05) is 36.9 Å². The molecule has 1 aliphatic rings. The molecule has 1 atom stereocenters. The first-order chi connectivity index (χ1) is 8.63. The molecule has 1 aromatic rings. The molecule has 0 bridgehead atoms. The molecule has 2 heterocycles. The third-order valence-electron chi connectivity index (χ3n) is 2.75. The molecule has 0 aromatic carbocycles. The van der Waals surface area contributed by atoms with Crippen LogP contribution in [0.3, 0.4) is 0 Å². The summed E-state index contributed by atoms with van der Waals surface area (Å²) in [6.07, 6.45) is 2.32. The van der Waals surface area contributed by atoms with Crippen LogP contribution in [-0.4, -0.2) is 47.0 Å². The minimum atomic E-state index is -0.803. The van der Waals surface area contributed by atoms with Crippen molar-refractivity contribution in [1.29, 1.82) is 0 Å². The van der Waals surface area contributed by atoms with Crippen LogP contribution in [0, 0.1) is 0 Å². The van der Waals surface area contributed by atoms with Gasteiger partial charge in [0.2, 0.25) is 5.95 Å². The average molecular weight is 317 g/mol. The number of halogens is 1. The van der Waals surface area contributed by atoms with E-state index in [1.54, 1.807) is 6.20 Å². The van der Waals surface area contributed by atoms with E-state index in [1.807, 2.05) is 6.92 Å². The summed E-state index contributed by atoms with van der Waals surface area (Å²) in [6.45, 7) is 4.12. The lowest BCUT2D eigenvalue weighted by Crippen LogP contribution is -2.37. The smallest absolute Gasteiger partial charge is 0.224 e. The molecule has 1 saturated heterocycles. The van der Waals surface area contributed by atoms with Crippen LogP contribution in [0.5, 0.6) is 0 Å². The third kappa shape index (κ3) is 3.30. The van der Waals surface area contributed by atoms with E-state index >= 15 is 0 Å². The van der Waals surface area contributed by atoms with E-state index in [2.05, 4.69) is 36.5 Å². The Morgan fingerprint density at radius 2 is 2.39 bits per heavy atom. The summed E-state index contributed by atoms with van der Waals surface area (Å²) in [7, 11) is 0. The van der Waals surface area contributed by atoms with Gasteiger partial charge in [0.05, 0.1) is 11.1 Å². The largest absolute Gasteiger partial charge is 0.386 e. The summed E-state index contributed by atoms with van der Waals surface area (Å²) in [5.41, 5.74) is -0.803. The Bertz CT molecular complexity index is 410. The molecule has 100 valence electrons. The molecule has 0 spiro atoms. The highest BCUT2D eigenvalue weighted by molar-refractivity contribution is 9.10. The van der Waals surface area contributed by atoms with Crippen LogP contribution >= 0.6 is 15.9 Å². The van der Waals surface area contributed by atoms with E-state index in [0.29, 0.717) is 37.9 Å². The predicted molar refractivity (Wildman–Crippen MR) is 72.8 cm³/mol. The summed E-state index contributed by atoms with van der Waals surface area (Å²) in [6, 6.07) is 0. The molecular formula is C11H17BrN4O2. The van der Waals surface area contributed by atoms with Crippen molar-refractivity contribution < 1.29 is 9.84 Å². The zero-order valence-electron chi connectivity index (χ0n) is 10.2. The van der Waals surface area contributed by atoms with Crippen molar-refractivity contribution in [2.45, 2.75) is 18.9 Å². The Morgan fingerprint density at radius 1 is 1.56 bits per heavy atom. The molecule has 1 aliphatic heterocycles. The van der Waals surface area contributed by atoms with E-state index < -0.39 is 5.60 Å². The van der Waals surface area contributed by atoms with Crippen LogP contribution in [0.1, 0.15) is 13.3 Å². The molecule has 18 heavy (non-hydrogen) atoms. The number of hydrogen-bond donors (Lipinski definition) is 3. The van der Waals surface area contributed by atoms with Crippen molar-refractivity contribution in [3.05, 3.63) is 10.7 Å². The normalized spacial score (nSPS) is 23.1. The van der Waals surface area contributed by atoms with E-state index in [1.165, 1.54) is 0 Å². The molecule has 2 rings (SSSR count). The molecule has 0 radical (unpaired) electrons. The number of nitrogens with one attached hydrogen (secondary N) is 2. The maximum absolute atomic E-state index is 10.2. The molecule has 7 heteroatoms. The number of aromatic nitrogens is 2. The van der Waals surface area contributed by atoms with Crippen LogP contribution in [-0.2, 0) is 4.74 Å². The molecular weight excluding hydrogens is 300 g/mol. The highest BCUT2D eigenvalue weighted by atomic mass is 79.9. The Kier molecular flexibility index (Phi) is 4.36. The summed E-state index contributed by atoms with van der Waals surface area (Å²) in [4.78, 5) is 8.45. The third-order valence-corrected chi connectivity index (χ3v) is 3.33. The van der Waals surface area contributed by atoms with E-state index in [0.717, 1.165) is 11.0 Å². The second-order valence-electron chi connectivity index (χ2n) is 4.30. The minimum absolute atomic E-state index is 0.364. The van der Waals surface area contributed by atoms with Gasteiger partial charge in [-0.05, 0) is 22.9 Å². The fraction of sp³-hybridized carbons (Fsp3) is 0.636. The van der Waals surface area contributed by atoms with E-state index in [4.69, 9.17) is 4.74 Å². The van der Waals surface area contributed by atoms with Gasteiger partial charge in [0, 0.05) is 32.3 Å². The zero-order chi connectivity index (χ0) is 13.0. The lowest BCUT2D eigenvalue weighted by molar-refractivity contribution is 0.0381. The van der Waals surface area contributed by atoms with Gasteiger partial charge < -0.3 is 20.5 Å². The van der Waals surface area contributed by atoms with Gasteiger partial charge >= 0.3 is 0 Å². The second-order valence-corrected chi connectivity index (χ2v) is 5.16. The molecule has 1 unspecified atom stereocenters. The Morgan fingerprint density at radius 3 is 3.06 bits per heavy atom. The van der Waals surface area contributed by atoms with Crippen molar-refractivity contribution in [3.63, 3.8) is 0 Å². The highest BCUT2D eigenvalue weighted by Gasteiger charge is 2.32. The number of ether oxygens (including phenoxy) is 1. The van der Waals surface area contributed by atoms with Crippen LogP contribution < -0.4 is 10.6 Å². The SMILES string of the molecule is CCNc1ncc(Br)c(NCC2(O)CCOC2)n1. The molecule has 0 saturated carbocycles. The molecule has 0 amide bonds. The van der Waals surface area contributed by atoms with Gasteiger partial charge in [-0.25, -0.2) is 4.98 Å². The van der Waals surface area contributed by atoms with E-state index in [9.17, 15) is 5.11 Å². The Labute approximate surface area is 114 Å². The summed E-state index contributed by atoms with van der Waals surface area (Å²) >= 11 is 3.38. The first-order valence-corrected chi connectivity index (χ1v) is 6.73. The summed E-state index contributed by atoms with van der Waals surface area (Å²) in [5, 5.41) is 16.3. The Balaban J connectivity index is 2.01. The molecule has 0 aliphatic carbocycles. The van der Waals surface area contributed by atoms with Gasteiger partial charge in [0.25, 0.3) is 0 Å². The first kappa shape index (κ1) is 13.5. The standard InChI is InChI=1S/C11H17BrN4O2/c1-2-13-10-14-5-8(12)9(16-10)15-6-11(17)3-4-18-7-11/h5,17H,2-4,6-7H2,1H3,(H2,13,14,15,16). The van der Waals surface area contributed by atoms with Crippen LogP contribution in [0.15, 0.2) is 10.7 Å². The van der Waals surface area contributed by atoms with Gasteiger partial charge in [-0.15, -0.1) is 0 Å². The summed E-state index contributed by atoms with van der Waals surface area (Å²) < 4.78 is 5.96. The monoisotopic (exact) mass is 316 g/mol. The van der Waals surface area contributed by atoms with Gasteiger partial charge in [-0.1, -0.05) is 0 Å². The number of rotatable bonds is 5. The second kappa shape index (κ2) is 5.81. The fourth-order valence-electron chi connectivity index (χ4n) is 1.72. The average Bonchev–Trinajstić information content (AvgIpc) is 2.78. The highest BCUT2D eigenvalue weighted by Crippen LogP contribution is 2.23. The Hall–Kier alpha value is -0.920. The first-order valence-electron chi connectivity index (χ1n) is 5.93. The van der Waals surface area contributed by atoms with Gasteiger partial charge in [0.15, 0.2) is 0 Å². The molecule has 1 fully saturated rings. The lowest BCUT2D eigenvalue weighted by Gasteiger charge is -2.21. The minimum Gasteiger partial charge on any atom is -0.386 e. The topological polar surface area (TPSA) is 79.3 Å². The van der Waals surface area contributed by atoms with Crippen LogP contribution in [0.25, 0.3) is 0 Å². The number of aliphatic hydroxyl groups is 1. The van der Waals surface area contributed by atoms with Crippen molar-refractivity contribution >= 4 is 27.7 Å². The van der Waals surface area contributed by atoms with Crippen LogP contribution in [0.2, 0.25) is 0 Å². The van der Waals surface area contributed by atoms with Crippen molar-refractivity contribution in [1.82, 2.24) is 9.97 Å². The summed E-state index contributed by atoms with van der Waals surface area (Å²) in [5.74, 6) is 1.24. The number of nitrogens with zero attached hydrogens (tertiary/aromatic N) is 2. The van der Waals surface area contributed by atoms with Crippen molar-refractivity contribution in [2.24, 2.45) is 0 Å². The molecule has 6 nitrogen and oxygen atoms in total. The van der Waals surface area contributed by atoms with Crippen molar-refractivity contribution in [3.8, 4) is 0 Å². The van der Waals surface area contributed by atoms with Crippen LogP contribution in [0.4, 0.5) is 11.8 Å².